The molecule has 26 heavy (non-hydrogen) atoms. The van der Waals surface area contributed by atoms with Gasteiger partial charge in [-0.3, -0.25) is 4.79 Å². The van der Waals surface area contributed by atoms with Crippen LogP contribution < -0.4 is 5.32 Å². The normalized spacial score (nSPS) is 28.5. The van der Waals surface area contributed by atoms with E-state index in [0.29, 0.717) is 0 Å². The highest BCUT2D eigenvalue weighted by molar-refractivity contribution is 6.30. The summed E-state index contributed by atoms with van der Waals surface area (Å²) in [4.78, 5) is 13.1. The molecule has 1 fully saturated rings. The van der Waals surface area contributed by atoms with Gasteiger partial charge in [0.2, 0.25) is 0 Å². The Hall–Kier alpha value is -1.91. The fourth-order valence-corrected chi connectivity index (χ4v) is 4.17. The van der Waals surface area contributed by atoms with Crippen molar-refractivity contribution in [3.05, 3.63) is 59.2 Å². The van der Waals surface area contributed by atoms with Crippen LogP contribution in [0.25, 0.3) is 0 Å². The lowest BCUT2D eigenvalue weighted by molar-refractivity contribution is -0.138. The lowest BCUT2D eigenvalue weighted by atomic mass is 9.80. The van der Waals surface area contributed by atoms with Crippen molar-refractivity contribution in [1.82, 2.24) is 10.3 Å². The standard InChI is InChI=1S/C21H24ClN3O/c22-16-9-7-15(8-10-16)14-20-18-5-1-2-6-19(18)21(26)25(24-20)17-4-3-12-23-13-11-17/h1-2,5-10,17-19,23H,3-4,11-14H2. The number of carbonyl (C=O) groups is 1. The molecule has 3 unspecified atom stereocenters. The lowest BCUT2D eigenvalue weighted by Crippen LogP contribution is -2.48. The summed E-state index contributed by atoms with van der Waals surface area (Å²) in [5, 5.41) is 10.8. The van der Waals surface area contributed by atoms with Crippen molar-refractivity contribution in [1.29, 1.82) is 0 Å². The highest BCUT2D eigenvalue weighted by Gasteiger charge is 2.39. The predicted octanol–water partition coefficient (Wildman–Crippen LogP) is 3.58. The van der Waals surface area contributed by atoms with Crippen LogP contribution in [-0.2, 0) is 11.2 Å². The van der Waals surface area contributed by atoms with Crippen LogP contribution in [0.1, 0.15) is 24.8 Å². The maximum Gasteiger partial charge on any atom is 0.250 e. The first-order valence-corrected chi connectivity index (χ1v) is 9.81. The summed E-state index contributed by atoms with van der Waals surface area (Å²) in [6.45, 7) is 1.97. The molecule has 0 saturated carbocycles. The molecule has 1 N–H and O–H groups in total. The van der Waals surface area contributed by atoms with Crippen LogP contribution in [0.15, 0.2) is 53.7 Å². The Morgan fingerprint density at radius 2 is 1.85 bits per heavy atom. The molecule has 0 aromatic heterocycles. The van der Waals surface area contributed by atoms with Gasteiger partial charge in [0, 0.05) is 17.4 Å². The van der Waals surface area contributed by atoms with Gasteiger partial charge in [-0.25, -0.2) is 5.01 Å². The number of rotatable bonds is 3. The van der Waals surface area contributed by atoms with Crippen molar-refractivity contribution in [2.75, 3.05) is 13.1 Å². The minimum absolute atomic E-state index is 0.0586. The molecule has 2 heterocycles. The Kier molecular flexibility index (Phi) is 5.23. The minimum Gasteiger partial charge on any atom is -0.317 e. The zero-order chi connectivity index (χ0) is 17.9. The number of amides is 1. The van der Waals surface area contributed by atoms with Gasteiger partial charge in [-0.1, -0.05) is 48.0 Å². The molecule has 2 aliphatic heterocycles. The first-order valence-electron chi connectivity index (χ1n) is 9.43. The smallest absolute Gasteiger partial charge is 0.250 e. The quantitative estimate of drug-likeness (QED) is 0.885. The largest absolute Gasteiger partial charge is 0.317 e. The van der Waals surface area contributed by atoms with E-state index in [1.807, 2.05) is 42.5 Å². The maximum absolute atomic E-state index is 13.1. The topological polar surface area (TPSA) is 44.7 Å². The maximum atomic E-state index is 13.1. The van der Waals surface area contributed by atoms with Crippen LogP contribution in [-0.4, -0.2) is 35.8 Å². The van der Waals surface area contributed by atoms with E-state index in [0.717, 1.165) is 49.5 Å². The average molecular weight is 370 g/mol. The van der Waals surface area contributed by atoms with E-state index < -0.39 is 0 Å². The van der Waals surface area contributed by atoms with Gasteiger partial charge in [-0.2, -0.15) is 5.10 Å². The molecule has 0 radical (unpaired) electrons. The van der Waals surface area contributed by atoms with E-state index in [9.17, 15) is 4.79 Å². The van der Waals surface area contributed by atoms with E-state index in [2.05, 4.69) is 11.4 Å². The summed E-state index contributed by atoms with van der Waals surface area (Å²) in [6.07, 6.45) is 11.9. The highest BCUT2D eigenvalue weighted by atomic mass is 35.5. The SMILES string of the molecule is O=C1C2C=CC=CC2C(Cc2ccc(Cl)cc2)=NN1C1CCCNCC1. The van der Waals surface area contributed by atoms with E-state index in [1.165, 1.54) is 5.56 Å². The van der Waals surface area contributed by atoms with Crippen molar-refractivity contribution >= 4 is 23.2 Å². The fraction of sp³-hybridized carbons (Fsp3) is 0.429. The molecule has 1 saturated heterocycles. The van der Waals surface area contributed by atoms with Gasteiger partial charge in [0.05, 0.1) is 17.7 Å². The molecule has 0 spiro atoms. The Labute approximate surface area is 159 Å². The first-order chi connectivity index (χ1) is 12.7. The number of nitrogens with zero attached hydrogens (tertiary/aromatic N) is 2. The Morgan fingerprint density at radius 1 is 1.08 bits per heavy atom. The van der Waals surface area contributed by atoms with Gasteiger partial charge in [0.1, 0.15) is 0 Å². The fourth-order valence-electron chi connectivity index (χ4n) is 4.04. The second-order valence-electron chi connectivity index (χ2n) is 7.23. The molecular formula is C21H24ClN3O. The molecule has 5 heteroatoms. The predicted molar refractivity (Wildman–Crippen MR) is 105 cm³/mol. The molecule has 3 aliphatic rings. The summed E-state index contributed by atoms with van der Waals surface area (Å²) in [5.74, 6) is 0.0710. The van der Waals surface area contributed by atoms with Gasteiger partial charge >= 0.3 is 0 Å². The summed E-state index contributed by atoms with van der Waals surface area (Å²) in [7, 11) is 0. The van der Waals surface area contributed by atoms with Gasteiger partial charge in [-0.05, 0) is 50.0 Å². The van der Waals surface area contributed by atoms with Crippen LogP contribution in [0.3, 0.4) is 0 Å². The average Bonchev–Trinajstić information content (AvgIpc) is 2.95. The summed E-state index contributed by atoms with van der Waals surface area (Å²) >= 11 is 6.02. The Balaban J connectivity index is 1.64. The third kappa shape index (κ3) is 3.62. The molecular weight excluding hydrogens is 346 g/mol. The van der Waals surface area contributed by atoms with Gasteiger partial charge in [-0.15, -0.1) is 0 Å². The second kappa shape index (κ2) is 7.77. The van der Waals surface area contributed by atoms with Crippen molar-refractivity contribution < 1.29 is 4.79 Å². The van der Waals surface area contributed by atoms with E-state index >= 15 is 0 Å². The van der Waals surface area contributed by atoms with E-state index in [-0.39, 0.29) is 23.8 Å². The lowest BCUT2D eigenvalue weighted by Gasteiger charge is -2.38. The van der Waals surface area contributed by atoms with Crippen molar-refractivity contribution in [2.45, 2.75) is 31.7 Å². The van der Waals surface area contributed by atoms with Crippen LogP contribution in [0.2, 0.25) is 5.02 Å². The number of allylic oxidation sites excluding steroid dienone is 3. The van der Waals surface area contributed by atoms with Crippen LogP contribution in [0.5, 0.6) is 0 Å². The molecule has 4 rings (SSSR count). The molecule has 1 aromatic carbocycles. The third-order valence-corrected chi connectivity index (χ3v) is 5.71. The summed E-state index contributed by atoms with van der Waals surface area (Å²) < 4.78 is 0. The number of hydrogen-bond donors (Lipinski definition) is 1. The van der Waals surface area contributed by atoms with Crippen molar-refractivity contribution in [3.63, 3.8) is 0 Å². The van der Waals surface area contributed by atoms with E-state index in [4.69, 9.17) is 16.7 Å². The van der Waals surface area contributed by atoms with Gasteiger partial charge in [0.25, 0.3) is 5.91 Å². The number of hydrazone groups is 1. The van der Waals surface area contributed by atoms with E-state index in [1.54, 1.807) is 5.01 Å². The number of carbonyl (C=O) groups excluding carboxylic acids is 1. The summed E-state index contributed by atoms with van der Waals surface area (Å²) in [5.41, 5.74) is 2.24. The minimum atomic E-state index is -0.129. The number of hydrogen-bond acceptors (Lipinski definition) is 3. The van der Waals surface area contributed by atoms with Crippen molar-refractivity contribution in [2.24, 2.45) is 16.9 Å². The molecule has 1 aromatic rings. The van der Waals surface area contributed by atoms with Crippen LogP contribution in [0, 0.1) is 11.8 Å². The summed E-state index contributed by atoms with van der Waals surface area (Å²) in [6, 6.07) is 8.10. The molecule has 1 amide bonds. The number of fused-ring (bicyclic) bond motifs is 1. The Morgan fingerprint density at radius 3 is 2.65 bits per heavy atom. The molecule has 3 atom stereocenters. The first kappa shape index (κ1) is 17.5. The number of halogens is 1. The zero-order valence-corrected chi connectivity index (χ0v) is 15.5. The second-order valence-corrected chi connectivity index (χ2v) is 7.67. The Bertz CT molecular complexity index is 745. The highest BCUT2D eigenvalue weighted by Crippen LogP contribution is 2.32. The monoisotopic (exact) mass is 369 g/mol. The number of benzene rings is 1. The molecule has 1 aliphatic carbocycles. The molecule has 136 valence electrons. The van der Waals surface area contributed by atoms with Crippen LogP contribution in [0.4, 0.5) is 0 Å². The zero-order valence-electron chi connectivity index (χ0n) is 14.8. The van der Waals surface area contributed by atoms with Crippen LogP contribution >= 0.6 is 11.6 Å². The van der Waals surface area contributed by atoms with Crippen molar-refractivity contribution in [3.8, 4) is 0 Å². The third-order valence-electron chi connectivity index (χ3n) is 5.46. The number of nitrogens with one attached hydrogen (secondary N) is 1. The van der Waals surface area contributed by atoms with Gasteiger partial charge in [0.15, 0.2) is 0 Å². The van der Waals surface area contributed by atoms with Gasteiger partial charge < -0.3 is 5.32 Å². The molecule has 0 bridgehead atoms. The molecule has 4 nitrogen and oxygen atoms in total.